The van der Waals surface area contributed by atoms with Crippen molar-refractivity contribution in [2.75, 3.05) is 5.75 Å². The molecule has 0 bridgehead atoms. The van der Waals surface area contributed by atoms with Crippen LogP contribution in [0.5, 0.6) is 0 Å². The van der Waals surface area contributed by atoms with Crippen molar-refractivity contribution in [2.24, 2.45) is 5.92 Å². The number of carbonyl (C=O) groups is 3. The highest BCUT2D eigenvalue weighted by Gasteiger charge is 2.27. The first-order chi connectivity index (χ1) is 15.4. The minimum atomic E-state index is -0.719. The van der Waals surface area contributed by atoms with E-state index in [1.54, 1.807) is 18.4 Å². The van der Waals surface area contributed by atoms with Gasteiger partial charge in [-0.15, -0.1) is 11.8 Å². The lowest BCUT2D eigenvalue weighted by Gasteiger charge is -2.24. The van der Waals surface area contributed by atoms with Gasteiger partial charge in [0.1, 0.15) is 11.8 Å². The van der Waals surface area contributed by atoms with Gasteiger partial charge in [-0.3, -0.25) is 19.4 Å². The molecule has 2 amide bonds. The maximum Gasteiger partial charge on any atom is 0.252 e. The predicted molar refractivity (Wildman–Crippen MR) is 126 cm³/mol. The fourth-order valence-electron chi connectivity index (χ4n) is 3.19. The van der Waals surface area contributed by atoms with Crippen LogP contribution in [0.4, 0.5) is 0 Å². The SMILES string of the molecule is CCCC[C@H](NC(=O)[C@H](CC(C)C)NC(=O)c1ccncc1)C(=O)CSCc1ccco1. The number of thioether (sulfide) groups is 1. The van der Waals surface area contributed by atoms with Crippen LogP contribution >= 0.6 is 11.8 Å². The minimum absolute atomic E-state index is 0.0212. The van der Waals surface area contributed by atoms with E-state index >= 15 is 0 Å². The van der Waals surface area contributed by atoms with Crippen molar-refractivity contribution in [3.63, 3.8) is 0 Å². The summed E-state index contributed by atoms with van der Waals surface area (Å²) in [6.07, 6.45) is 7.49. The number of hydrogen-bond acceptors (Lipinski definition) is 6. The van der Waals surface area contributed by atoms with Gasteiger partial charge >= 0.3 is 0 Å². The van der Waals surface area contributed by atoms with E-state index in [0.29, 0.717) is 24.2 Å². The van der Waals surface area contributed by atoms with E-state index in [0.717, 1.165) is 18.6 Å². The molecule has 0 fully saturated rings. The quantitative estimate of drug-likeness (QED) is 0.443. The van der Waals surface area contributed by atoms with Crippen LogP contribution in [0.15, 0.2) is 47.3 Å². The van der Waals surface area contributed by atoms with E-state index in [2.05, 4.69) is 15.6 Å². The monoisotopic (exact) mass is 459 g/mol. The van der Waals surface area contributed by atoms with E-state index < -0.39 is 12.1 Å². The van der Waals surface area contributed by atoms with Crippen LogP contribution in [0.1, 0.15) is 62.6 Å². The van der Waals surface area contributed by atoms with Crippen LogP contribution in [0.3, 0.4) is 0 Å². The second-order valence-corrected chi connectivity index (χ2v) is 9.12. The highest BCUT2D eigenvalue weighted by Crippen LogP contribution is 2.15. The third-order valence-corrected chi connectivity index (χ3v) is 5.87. The summed E-state index contributed by atoms with van der Waals surface area (Å²) in [7, 11) is 0. The van der Waals surface area contributed by atoms with Gasteiger partial charge in [0.2, 0.25) is 5.91 Å². The maximum absolute atomic E-state index is 13.1. The zero-order valence-corrected chi connectivity index (χ0v) is 19.8. The lowest BCUT2D eigenvalue weighted by Crippen LogP contribution is -2.52. The van der Waals surface area contributed by atoms with Gasteiger partial charge in [0.25, 0.3) is 5.91 Å². The van der Waals surface area contributed by atoms with Crippen molar-refractivity contribution in [3.05, 3.63) is 54.2 Å². The molecule has 7 nitrogen and oxygen atoms in total. The zero-order valence-electron chi connectivity index (χ0n) is 19.0. The van der Waals surface area contributed by atoms with Gasteiger partial charge in [-0.05, 0) is 43.0 Å². The Morgan fingerprint density at radius 2 is 1.84 bits per heavy atom. The van der Waals surface area contributed by atoms with Gasteiger partial charge in [0.15, 0.2) is 5.78 Å². The molecule has 0 saturated heterocycles. The molecule has 0 unspecified atom stereocenters. The van der Waals surface area contributed by atoms with Crippen LogP contribution in [0.2, 0.25) is 0 Å². The average molecular weight is 460 g/mol. The molecule has 0 spiro atoms. The Morgan fingerprint density at radius 3 is 2.47 bits per heavy atom. The smallest absolute Gasteiger partial charge is 0.252 e. The molecule has 2 aromatic heterocycles. The molecular formula is C24H33N3O4S. The van der Waals surface area contributed by atoms with Gasteiger partial charge in [-0.2, -0.15) is 0 Å². The highest BCUT2D eigenvalue weighted by atomic mass is 32.2. The molecule has 0 radical (unpaired) electrons. The molecule has 2 heterocycles. The first kappa shape index (κ1) is 25.6. The van der Waals surface area contributed by atoms with Crippen LogP contribution in [0, 0.1) is 5.92 Å². The van der Waals surface area contributed by atoms with Crippen LogP contribution in [0.25, 0.3) is 0 Å². The van der Waals surface area contributed by atoms with E-state index in [-0.39, 0.29) is 29.3 Å². The number of pyridine rings is 1. The molecule has 0 aliphatic heterocycles. The summed E-state index contributed by atoms with van der Waals surface area (Å²) in [5, 5.41) is 5.72. The summed E-state index contributed by atoms with van der Waals surface area (Å²) in [4.78, 5) is 42.4. The van der Waals surface area contributed by atoms with Gasteiger partial charge < -0.3 is 15.1 Å². The first-order valence-electron chi connectivity index (χ1n) is 11.0. The number of amides is 2. The molecule has 0 aliphatic carbocycles. The third-order valence-electron chi connectivity index (χ3n) is 4.89. The number of nitrogens with zero attached hydrogens (tertiary/aromatic N) is 1. The number of aromatic nitrogens is 1. The number of carbonyl (C=O) groups excluding carboxylic acids is 3. The van der Waals surface area contributed by atoms with Crippen LogP contribution in [-0.2, 0) is 15.3 Å². The molecule has 2 atom stereocenters. The Bertz CT molecular complexity index is 840. The first-order valence-corrected chi connectivity index (χ1v) is 12.2. The third kappa shape index (κ3) is 8.86. The number of unbranched alkanes of at least 4 members (excludes halogenated alkanes) is 1. The van der Waals surface area contributed by atoms with Crippen molar-refractivity contribution in [2.45, 2.75) is 64.3 Å². The minimum Gasteiger partial charge on any atom is -0.468 e. The Labute approximate surface area is 194 Å². The van der Waals surface area contributed by atoms with Crippen LogP contribution < -0.4 is 10.6 Å². The molecule has 0 aliphatic rings. The second kappa shape index (κ2) is 13.7. The Balaban J connectivity index is 2.00. The summed E-state index contributed by atoms with van der Waals surface area (Å²) in [5.74, 6) is 1.21. The zero-order chi connectivity index (χ0) is 23.3. The van der Waals surface area contributed by atoms with Gasteiger partial charge in [0.05, 0.1) is 23.8 Å². The summed E-state index contributed by atoms with van der Waals surface area (Å²) in [6, 6.07) is 5.60. The van der Waals surface area contributed by atoms with Gasteiger partial charge in [-0.1, -0.05) is 33.6 Å². The lowest BCUT2D eigenvalue weighted by atomic mass is 10.0. The number of rotatable bonds is 14. The molecule has 8 heteroatoms. The van der Waals surface area contributed by atoms with E-state index in [1.807, 2.05) is 32.9 Å². The molecular weight excluding hydrogens is 426 g/mol. The Morgan fingerprint density at radius 1 is 1.09 bits per heavy atom. The fourth-order valence-corrected chi connectivity index (χ4v) is 4.06. The van der Waals surface area contributed by atoms with Crippen molar-refractivity contribution in [1.29, 1.82) is 0 Å². The molecule has 174 valence electrons. The van der Waals surface area contributed by atoms with E-state index in [4.69, 9.17) is 4.42 Å². The predicted octanol–water partition coefficient (Wildman–Crippen LogP) is 4.00. The Kier molecular flexibility index (Phi) is 11.0. The Hall–Kier alpha value is -2.61. The summed E-state index contributed by atoms with van der Waals surface area (Å²) in [5.41, 5.74) is 0.439. The van der Waals surface area contributed by atoms with Crippen LogP contribution in [-0.4, -0.2) is 40.4 Å². The second-order valence-electron chi connectivity index (χ2n) is 8.13. The summed E-state index contributed by atoms with van der Waals surface area (Å²) >= 11 is 1.46. The van der Waals surface area contributed by atoms with Gasteiger partial charge in [0, 0.05) is 18.0 Å². The van der Waals surface area contributed by atoms with E-state index in [1.165, 1.54) is 24.2 Å². The molecule has 32 heavy (non-hydrogen) atoms. The summed E-state index contributed by atoms with van der Waals surface area (Å²) < 4.78 is 5.30. The summed E-state index contributed by atoms with van der Waals surface area (Å²) in [6.45, 7) is 6.03. The molecule has 2 N–H and O–H groups in total. The number of nitrogens with one attached hydrogen (secondary N) is 2. The topological polar surface area (TPSA) is 101 Å². The largest absolute Gasteiger partial charge is 0.468 e. The number of ketones is 1. The maximum atomic E-state index is 13.1. The normalized spacial score (nSPS) is 12.9. The molecule has 2 aromatic rings. The van der Waals surface area contributed by atoms with Crippen molar-refractivity contribution >= 4 is 29.4 Å². The number of furan rings is 1. The van der Waals surface area contributed by atoms with Gasteiger partial charge in [-0.25, -0.2) is 0 Å². The molecule has 2 rings (SSSR count). The fraction of sp³-hybridized carbons (Fsp3) is 0.500. The molecule has 0 saturated carbocycles. The highest BCUT2D eigenvalue weighted by molar-refractivity contribution is 7.99. The van der Waals surface area contributed by atoms with Crippen molar-refractivity contribution in [1.82, 2.24) is 15.6 Å². The standard InChI is InChI=1S/C24H33N3O4S/c1-4-5-8-20(22(28)16-32-15-19-7-6-13-31-19)26-24(30)21(14-17(2)3)27-23(29)18-9-11-25-12-10-18/h6-7,9-13,17,20-21H,4-5,8,14-16H2,1-3H3,(H,26,30)(H,27,29)/t20-,21-/m0/s1. The lowest BCUT2D eigenvalue weighted by molar-refractivity contribution is -0.128. The number of hydrogen-bond donors (Lipinski definition) is 2. The average Bonchev–Trinajstić information content (AvgIpc) is 3.29. The van der Waals surface area contributed by atoms with Crippen molar-refractivity contribution < 1.29 is 18.8 Å². The van der Waals surface area contributed by atoms with E-state index in [9.17, 15) is 14.4 Å². The van der Waals surface area contributed by atoms with Crippen molar-refractivity contribution in [3.8, 4) is 0 Å². The molecule has 0 aromatic carbocycles. The number of Topliss-reactive ketones (excluding diaryl/α,β-unsaturated/α-hetero) is 1.